The van der Waals surface area contributed by atoms with Gasteiger partial charge in [-0.2, -0.15) is 0 Å². The third-order valence-corrected chi connectivity index (χ3v) is 5.48. The van der Waals surface area contributed by atoms with Crippen LogP contribution in [0.2, 0.25) is 5.02 Å². The Hall–Kier alpha value is -1.65. The van der Waals surface area contributed by atoms with Gasteiger partial charge in [0.1, 0.15) is 0 Å². The van der Waals surface area contributed by atoms with Gasteiger partial charge in [-0.05, 0) is 43.0 Å². The Morgan fingerprint density at radius 1 is 1.08 bits per heavy atom. The van der Waals surface area contributed by atoms with Crippen molar-refractivity contribution in [2.75, 3.05) is 37.3 Å². The lowest BCUT2D eigenvalue weighted by Gasteiger charge is -2.36. The summed E-state index contributed by atoms with van der Waals surface area (Å²) in [6.07, 6.45) is 2.03. The number of benzene rings is 2. The second-order valence-corrected chi connectivity index (χ2v) is 7.20. The molecule has 0 radical (unpaired) electrons. The summed E-state index contributed by atoms with van der Waals surface area (Å²) in [5.41, 5.74) is 2.89. The van der Waals surface area contributed by atoms with Crippen LogP contribution in [0.1, 0.15) is 15.9 Å². The van der Waals surface area contributed by atoms with E-state index in [-0.39, 0.29) is 5.91 Å². The highest BCUT2D eigenvalue weighted by Gasteiger charge is 2.24. The molecule has 0 bridgehead atoms. The lowest BCUT2D eigenvalue weighted by atomic mass is 10.1. The molecule has 0 spiro atoms. The first-order chi connectivity index (χ1) is 11.6. The predicted molar refractivity (Wildman–Crippen MR) is 103 cm³/mol. The van der Waals surface area contributed by atoms with Gasteiger partial charge in [-0.15, -0.1) is 11.8 Å². The van der Waals surface area contributed by atoms with Gasteiger partial charge in [0.2, 0.25) is 0 Å². The molecule has 3 rings (SSSR count). The minimum absolute atomic E-state index is 0.127. The molecule has 1 heterocycles. The number of amides is 1. The summed E-state index contributed by atoms with van der Waals surface area (Å²) in [7, 11) is 0. The molecule has 0 saturated carbocycles. The van der Waals surface area contributed by atoms with Crippen LogP contribution in [-0.4, -0.2) is 43.2 Å². The van der Waals surface area contributed by atoms with Crippen molar-refractivity contribution in [3.63, 3.8) is 0 Å². The first-order valence-corrected chi connectivity index (χ1v) is 9.64. The molecule has 2 aromatic rings. The number of carbonyl (C=O) groups is 1. The van der Waals surface area contributed by atoms with Crippen LogP contribution in [0, 0.1) is 6.92 Å². The van der Waals surface area contributed by atoms with Gasteiger partial charge < -0.3 is 9.80 Å². The molecule has 1 aliphatic heterocycles. The average molecular weight is 361 g/mol. The Balaban J connectivity index is 1.71. The van der Waals surface area contributed by atoms with Gasteiger partial charge in [0, 0.05) is 36.6 Å². The molecule has 1 amide bonds. The van der Waals surface area contributed by atoms with Crippen LogP contribution in [0.4, 0.5) is 5.69 Å². The number of nitrogens with zero attached hydrogens (tertiary/aromatic N) is 2. The summed E-state index contributed by atoms with van der Waals surface area (Å²) < 4.78 is 0. The number of anilines is 1. The van der Waals surface area contributed by atoms with Gasteiger partial charge in [-0.1, -0.05) is 29.8 Å². The van der Waals surface area contributed by atoms with E-state index < -0.39 is 0 Å². The molecule has 0 atom stereocenters. The fourth-order valence-electron chi connectivity index (χ4n) is 2.99. The van der Waals surface area contributed by atoms with Crippen LogP contribution >= 0.6 is 23.4 Å². The summed E-state index contributed by atoms with van der Waals surface area (Å²) in [5, 5.41) is 0.765. The Labute approximate surface area is 152 Å². The maximum absolute atomic E-state index is 12.9. The van der Waals surface area contributed by atoms with Crippen molar-refractivity contribution < 1.29 is 4.79 Å². The zero-order valence-corrected chi connectivity index (χ0v) is 15.5. The normalized spacial score (nSPS) is 14.8. The standard InChI is InChI=1S/C19H21ClN2OS/c1-14-7-8-15(24-2)13-16(14)19(23)22-11-9-21(10-12-22)18-6-4-3-5-17(18)20/h3-8,13H,9-12H2,1-2H3. The molecule has 0 aromatic heterocycles. The Bertz CT molecular complexity index is 742. The van der Waals surface area contributed by atoms with Gasteiger partial charge in [0.15, 0.2) is 0 Å². The average Bonchev–Trinajstić information content (AvgIpc) is 2.62. The molecule has 2 aromatic carbocycles. The van der Waals surface area contributed by atoms with Crippen molar-refractivity contribution in [3.05, 3.63) is 58.6 Å². The molecule has 24 heavy (non-hydrogen) atoms. The maximum Gasteiger partial charge on any atom is 0.254 e. The van der Waals surface area contributed by atoms with Crippen molar-refractivity contribution in [3.8, 4) is 0 Å². The van der Waals surface area contributed by atoms with Crippen molar-refractivity contribution in [1.82, 2.24) is 4.90 Å². The molecule has 1 fully saturated rings. The minimum Gasteiger partial charge on any atom is -0.367 e. The van der Waals surface area contributed by atoms with Crippen LogP contribution in [0.3, 0.4) is 0 Å². The Kier molecular flexibility index (Phi) is 5.36. The summed E-state index contributed by atoms with van der Waals surface area (Å²) in [4.78, 5) is 18.2. The van der Waals surface area contributed by atoms with Crippen LogP contribution in [-0.2, 0) is 0 Å². The molecule has 3 nitrogen and oxygen atoms in total. The van der Waals surface area contributed by atoms with Gasteiger partial charge in [0.25, 0.3) is 5.91 Å². The molecule has 1 aliphatic rings. The smallest absolute Gasteiger partial charge is 0.254 e. The number of carbonyl (C=O) groups excluding carboxylic acids is 1. The molecule has 0 aliphatic carbocycles. The number of thioether (sulfide) groups is 1. The van der Waals surface area contributed by atoms with Crippen molar-refractivity contribution >= 4 is 35.0 Å². The second kappa shape index (κ2) is 7.49. The molecule has 1 saturated heterocycles. The molecule has 126 valence electrons. The van der Waals surface area contributed by atoms with Crippen molar-refractivity contribution in [1.29, 1.82) is 0 Å². The highest BCUT2D eigenvalue weighted by molar-refractivity contribution is 7.98. The van der Waals surface area contributed by atoms with Gasteiger partial charge in [-0.3, -0.25) is 4.79 Å². The minimum atomic E-state index is 0.127. The van der Waals surface area contributed by atoms with E-state index in [1.54, 1.807) is 11.8 Å². The lowest BCUT2D eigenvalue weighted by Crippen LogP contribution is -2.49. The molecule has 5 heteroatoms. The van der Waals surface area contributed by atoms with E-state index >= 15 is 0 Å². The van der Waals surface area contributed by atoms with Gasteiger partial charge >= 0.3 is 0 Å². The largest absolute Gasteiger partial charge is 0.367 e. The van der Waals surface area contributed by atoms with E-state index in [0.717, 1.165) is 39.8 Å². The van der Waals surface area contributed by atoms with Crippen LogP contribution in [0.5, 0.6) is 0 Å². The summed E-state index contributed by atoms with van der Waals surface area (Å²) in [6.45, 7) is 5.03. The second-order valence-electron chi connectivity index (χ2n) is 5.91. The Morgan fingerprint density at radius 3 is 2.46 bits per heavy atom. The lowest BCUT2D eigenvalue weighted by molar-refractivity contribution is 0.0746. The van der Waals surface area contributed by atoms with E-state index in [1.165, 1.54) is 0 Å². The third-order valence-electron chi connectivity index (χ3n) is 4.44. The third kappa shape index (κ3) is 3.55. The number of rotatable bonds is 3. The SMILES string of the molecule is CSc1ccc(C)c(C(=O)N2CCN(c3ccccc3Cl)CC2)c1. The number of halogens is 1. The first kappa shape index (κ1) is 17.2. The Morgan fingerprint density at radius 2 is 1.79 bits per heavy atom. The summed E-state index contributed by atoms with van der Waals surface area (Å²) in [5.74, 6) is 0.127. The van der Waals surface area contributed by atoms with Crippen molar-refractivity contribution in [2.45, 2.75) is 11.8 Å². The number of para-hydroxylation sites is 1. The van der Waals surface area contributed by atoms with Crippen LogP contribution in [0.25, 0.3) is 0 Å². The van der Waals surface area contributed by atoms with E-state index in [1.807, 2.05) is 54.5 Å². The molecular formula is C19H21ClN2OS. The maximum atomic E-state index is 12.9. The summed E-state index contributed by atoms with van der Waals surface area (Å²) in [6, 6.07) is 14.0. The van der Waals surface area contributed by atoms with Gasteiger partial charge in [0.05, 0.1) is 10.7 Å². The quantitative estimate of drug-likeness (QED) is 0.761. The van der Waals surface area contributed by atoms with Gasteiger partial charge in [-0.25, -0.2) is 0 Å². The number of piperazine rings is 1. The molecule has 0 unspecified atom stereocenters. The predicted octanol–water partition coefficient (Wildman–Crippen LogP) is 4.33. The van der Waals surface area contributed by atoms with E-state index in [4.69, 9.17) is 11.6 Å². The summed E-state index contributed by atoms with van der Waals surface area (Å²) >= 11 is 7.94. The van der Waals surface area contributed by atoms with Crippen LogP contribution in [0.15, 0.2) is 47.4 Å². The number of aryl methyl sites for hydroxylation is 1. The monoisotopic (exact) mass is 360 g/mol. The zero-order valence-electron chi connectivity index (χ0n) is 14.0. The highest BCUT2D eigenvalue weighted by Crippen LogP contribution is 2.27. The zero-order chi connectivity index (χ0) is 17.1. The van der Waals surface area contributed by atoms with E-state index in [2.05, 4.69) is 11.0 Å². The topological polar surface area (TPSA) is 23.6 Å². The number of hydrogen-bond acceptors (Lipinski definition) is 3. The fourth-order valence-corrected chi connectivity index (χ4v) is 3.68. The first-order valence-electron chi connectivity index (χ1n) is 8.03. The van der Waals surface area contributed by atoms with E-state index in [0.29, 0.717) is 13.1 Å². The fraction of sp³-hybridized carbons (Fsp3) is 0.316. The van der Waals surface area contributed by atoms with Crippen molar-refractivity contribution in [2.24, 2.45) is 0 Å². The number of hydrogen-bond donors (Lipinski definition) is 0. The molecule has 0 N–H and O–H groups in total. The highest BCUT2D eigenvalue weighted by atomic mass is 35.5. The van der Waals surface area contributed by atoms with Crippen LogP contribution < -0.4 is 4.90 Å². The molecular weight excluding hydrogens is 340 g/mol. The van der Waals surface area contributed by atoms with E-state index in [9.17, 15) is 4.79 Å².